The molecule has 4 rings (SSSR count). The van der Waals surface area contributed by atoms with Gasteiger partial charge in [-0.2, -0.15) is 4.98 Å². The fourth-order valence-corrected chi connectivity index (χ4v) is 4.06. The van der Waals surface area contributed by atoms with Crippen molar-refractivity contribution in [3.05, 3.63) is 30.4 Å². The summed E-state index contributed by atoms with van der Waals surface area (Å²) in [7, 11) is 0. The zero-order chi connectivity index (χ0) is 18.1. The van der Waals surface area contributed by atoms with Crippen molar-refractivity contribution in [1.82, 2.24) is 20.1 Å². The molecule has 0 aromatic carbocycles. The minimum Gasteiger partial charge on any atom is -0.368 e. The van der Waals surface area contributed by atoms with Crippen molar-refractivity contribution < 1.29 is 9.26 Å². The van der Waals surface area contributed by atoms with Gasteiger partial charge in [0.1, 0.15) is 12.3 Å². The molecule has 138 valence electrons. The smallest absolute Gasteiger partial charge is 0.252 e. The van der Waals surface area contributed by atoms with Crippen molar-refractivity contribution >= 4 is 11.0 Å². The van der Waals surface area contributed by atoms with Crippen LogP contribution in [0.15, 0.2) is 29.0 Å². The third kappa shape index (κ3) is 3.38. The second-order valence-electron chi connectivity index (χ2n) is 7.79. The third-order valence-corrected chi connectivity index (χ3v) is 5.55. The average Bonchev–Trinajstić information content (AvgIpc) is 3.28. The van der Waals surface area contributed by atoms with Gasteiger partial charge >= 0.3 is 0 Å². The maximum Gasteiger partial charge on any atom is 0.252 e. The third-order valence-electron chi connectivity index (χ3n) is 5.55. The Morgan fingerprint density at radius 2 is 2.19 bits per heavy atom. The number of aromatic nitrogens is 4. The fraction of sp³-hybridized carbons (Fsp3) is 0.550. The van der Waals surface area contributed by atoms with Crippen LogP contribution >= 0.6 is 0 Å². The lowest BCUT2D eigenvalue weighted by atomic mass is 9.75. The Balaban J connectivity index is 1.47. The zero-order valence-electron chi connectivity index (χ0n) is 15.6. The number of H-pyrrole nitrogens is 1. The summed E-state index contributed by atoms with van der Waals surface area (Å²) in [6.07, 6.45) is 7.52. The summed E-state index contributed by atoms with van der Waals surface area (Å²) < 4.78 is 11.7. The summed E-state index contributed by atoms with van der Waals surface area (Å²) >= 11 is 0. The Labute approximate surface area is 153 Å². The summed E-state index contributed by atoms with van der Waals surface area (Å²) in [6, 6.07) is 3.88. The first-order valence-electron chi connectivity index (χ1n) is 9.48. The van der Waals surface area contributed by atoms with Gasteiger partial charge in [0.25, 0.3) is 5.89 Å². The van der Waals surface area contributed by atoms with E-state index in [-0.39, 0.29) is 6.10 Å². The van der Waals surface area contributed by atoms with Crippen molar-refractivity contribution in [2.24, 2.45) is 17.8 Å². The molecule has 1 saturated carbocycles. The van der Waals surface area contributed by atoms with E-state index < -0.39 is 0 Å². The molecule has 6 heteroatoms. The predicted molar refractivity (Wildman–Crippen MR) is 99.3 cm³/mol. The minimum absolute atomic E-state index is 0.270. The number of pyridine rings is 1. The van der Waals surface area contributed by atoms with Crippen LogP contribution in [0.5, 0.6) is 0 Å². The number of ether oxygens (including phenoxy) is 1. The number of rotatable bonds is 5. The topological polar surface area (TPSA) is 76.8 Å². The Kier molecular flexibility index (Phi) is 4.76. The predicted octanol–water partition coefficient (Wildman–Crippen LogP) is 4.59. The first-order valence-corrected chi connectivity index (χ1v) is 9.48. The first kappa shape index (κ1) is 17.2. The maximum atomic E-state index is 6.22. The average molecular weight is 354 g/mol. The van der Waals surface area contributed by atoms with E-state index in [9.17, 15) is 0 Å². The normalized spacial score (nSPS) is 23.8. The molecule has 0 radical (unpaired) electrons. The molecule has 3 aromatic heterocycles. The molecule has 0 aliphatic heterocycles. The molecule has 3 heterocycles. The highest BCUT2D eigenvalue weighted by atomic mass is 16.5. The van der Waals surface area contributed by atoms with Crippen LogP contribution < -0.4 is 0 Å². The lowest BCUT2D eigenvalue weighted by molar-refractivity contribution is -0.0547. The van der Waals surface area contributed by atoms with E-state index in [1.54, 1.807) is 6.20 Å². The second-order valence-corrected chi connectivity index (χ2v) is 7.79. The summed E-state index contributed by atoms with van der Waals surface area (Å²) in [4.78, 5) is 11.9. The molecule has 0 saturated heterocycles. The maximum absolute atomic E-state index is 6.22. The lowest BCUT2D eigenvalue weighted by Gasteiger charge is -2.36. The molecular weight excluding hydrogens is 328 g/mol. The number of aromatic amines is 1. The van der Waals surface area contributed by atoms with Gasteiger partial charge in [-0.3, -0.25) is 0 Å². The van der Waals surface area contributed by atoms with E-state index in [0.717, 1.165) is 23.0 Å². The molecule has 6 nitrogen and oxygen atoms in total. The molecule has 3 atom stereocenters. The molecule has 0 amide bonds. The molecule has 3 unspecified atom stereocenters. The largest absolute Gasteiger partial charge is 0.368 e. The Hall–Kier alpha value is -2.21. The Bertz CT molecular complexity index is 869. The van der Waals surface area contributed by atoms with E-state index in [4.69, 9.17) is 9.26 Å². The highest BCUT2D eigenvalue weighted by Gasteiger charge is 2.31. The first-order chi connectivity index (χ1) is 12.6. The summed E-state index contributed by atoms with van der Waals surface area (Å²) in [6.45, 7) is 7.25. The molecule has 0 bridgehead atoms. The number of nitrogens with one attached hydrogen (secondary N) is 1. The van der Waals surface area contributed by atoms with E-state index in [0.29, 0.717) is 36.1 Å². The number of hydrogen-bond donors (Lipinski definition) is 1. The number of hydrogen-bond acceptors (Lipinski definition) is 5. The molecule has 1 fully saturated rings. The lowest BCUT2D eigenvalue weighted by Crippen LogP contribution is -2.34. The minimum atomic E-state index is 0.270. The van der Waals surface area contributed by atoms with Crippen molar-refractivity contribution in [2.45, 2.75) is 52.7 Å². The van der Waals surface area contributed by atoms with Crippen molar-refractivity contribution in [1.29, 1.82) is 0 Å². The van der Waals surface area contributed by atoms with Gasteiger partial charge in [0.2, 0.25) is 5.82 Å². The second kappa shape index (κ2) is 7.19. The van der Waals surface area contributed by atoms with Gasteiger partial charge in [0.15, 0.2) is 0 Å². The Morgan fingerprint density at radius 3 is 3.04 bits per heavy atom. The van der Waals surface area contributed by atoms with Crippen LogP contribution in [0, 0.1) is 17.8 Å². The Morgan fingerprint density at radius 1 is 1.31 bits per heavy atom. The number of fused-ring (bicyclic) bond motifs is 1. The van der Waals surface area contributed by atoms with Gasteiger partial charge in [0, 0.05) is 23.3 Å². The van der Waals surface area contributed by atoms with Gasteiger partial charge in [0.05, 0.1) is 6.10 Å². The quantitative estimate of drug-likeness (QED) is 0.725. The SMILES string of the molecule is CC1CCC(C(C)C)C(OCc2nc(-c3ccnc4[nH]ccc34)no2)C1. The van der Waals surface area contributed by atoms with Crippen molar-refractivity contribution in [2.75, 3.05) is 0 Å². The van der Waals surface area contributed by atoms with E-state index in [1.807, 2.05) is 18.3 Å². The highest BCUT2D eigenvalue weighted by Crippen LogP contribution is 2.35. The van der Waals surface area contributed by atoms with Gasteiger partial charge in [-0.15, -0.1) is 0 Å². The fourth-order valence-electron chi connectivity index (χ4n) is 4.06. The molecule has 1 aliphatic rings. The molecule has 26 heavy (non-hydrogen) atoms. The van der Waals surface area contributed by atoms with Crippen LogP contribution in [-0.4, -0.2) is 26.2 Å². The van der Waals surface area contributed by atoms with Crippen LogP contribution in [0.4, 0.5) is 0 Å². The van der Waals surface area contributed by atoms with E-state index in [2.05, 4.69) is 40.9 Å². The van der Waals surface area contributed by atoms with Gasteiger partial charge in [-0.05, 0) is 42.7 Å². The van der Waals surface area contributed by atoms with Crippen molar-refractivity contribution in [3.8, 4) is 11.4 Å². The highest BCUT2D eigenvalue weighted by molar-refractivity contribution is 5.90. The molecule has 1 N–H and O–H groups in total. The van der Waals surface area contributed by atoms with Crippen LogP contribution in [0.3, 0.4) is 0 Å². The van der Waals surface area contributed by atoms with Crippen LogP contribution in [0.1, 0.15) is 45.9 Å². The molecule has 1 aliphatic carbocycles. The van der Waals surface area contributed by atoms with Gasteiger partial charge < -0.3 is 14.2 Å². The van der Waals surface area contributed by atoms with Crippen LogP contribution in [-0.2, 0) is 11.3 Å². The van der Waals surface area contributed by atoms with Gasteiger partial charge in [-0.25, -0.2) is 4.98 Å². The molecule has 0 spiro atoms. The van der Waals surface area contributed by atoms with Crippen LogP contribution in [0.25, 0.3) is 22.4 Å². The van der Waals surface area contributed by atoms with E-state index in [1.165, 1.54) is 12.8 Å². The van der Waals surface area contributed by atoms with Crippen molar-refractivity contribution in [3.63, 3.8) is 0 Å². The summed E-state index contributed by atoms with van der Waals surface area (Å²) in [5, 5.41) is 5.13. The standard InChI is InChI=1S/C20H26N4O2/c1-12(2)14-5-4-13(3)10-17(14)25-11-18-23-20(24-26-18)16-7-9-22-19-15(16)6-8-21-19/h6-9,12-14,17H,4-5,10-11H2,1-3H3,(H,21,22). The number of nitrogens with zero attached hydrogens (tertiary/aromatic N) is 3. The van der Waals surface area contributed by atoms with Gasteiger partial charge in [-0.1, -0.05) is 32.3 Å². The summed E-state index contributed by atoms with van der Waals surface area (Å²) in [5.41, 5.74) is 1.73. The molecular formula is C20H26N4O2. The zero-order valence-corrected chi connectivity index (χ0v) is 15.6. The molecule has 3 aromatic rings. The summed E-state index contributed by atoms with van der Waals surface area (Å²) in [5.74, 6) is 3.05. The van der Waals surface area contributed by atoms with Crippen LogP contribution in [0.2, 0.25) is 0 Å². The van der Waals surface area contributed by atoms with E-state index >= 15 is 0 Å². The monoisotopic (exact) mass is 354 g/mol.